The van der Waals surface area contributed by atoms with Gasteiger partial charge >= 0.3 is 5.97 Å². The van der Waals surface area contributed by atoms with E-state index in [-0.39, 0.29) is 5.97 Å². The first kappa shape index (κ1) is 16.1. The maximum absolute atomic E-state index is 11.1. The third-order valence-corrected chi connectivity index (χ3v) is 2.25. The van der Waals surface area contributed by atoms with Gasteiger partial charge < -0.3 is 14.2 Å². The smallest absolute Gasteiger partial charge is 0.308 e. The van der Waals surface area contributed by atoms with Crippen LogP contribution in [0.2, 0.25) is 0 Å². The van der Waals surface area contributed by atoms with Gasteiger partial charge in [-0.1, -0.05) is 35.9 Å². The van der Waals surface area contributed by atoms with Crippen molar-refractivity contribution in [3.8, 4) is 0 Å². The highest BCUT2D eigenvalue weighted by atomic mass is 127. The van der Waals surface area contributed by atoms with Crippen LogP contribution in [0.25, 0.3) is 0 Å². The van der Waals surface area contributed by atoms with Crippen LogP contribution >= 0.6 is 22.6 Å². The summed E-state index contributed by atoms with van der Waals surface area (Å²) in [5.41, 5.74) is 0. The molecule has 0 fully saturated rings. The number of carbonyl (C=O) groups is 1. The Morgan fingerprint density at radius 3 is 2.38 bits per heavy atom. The van der Waals surface area contributed by atoms with Crippen molar-refractivity contribution in [3.63, 3.8) is 0 Å². The summed E-state index contributed by atoms with van der Waals surface area (Å²) in [7, 11) is 0. The zero-order chi connectivity index (χ0) is 12.1. The van der Waals surface area contributed by atoms with Gasteiger partial charge in [-0.25, -0.2) is 0 Å². The SMILES string of the molecule is CCCCOC(=O)CCOCCOCCI. The Bertz CT molecular complexity index is 164. The van der Waals surface area contributed by atoms with Crippen LogP contribution in [0, 0.1) is 0 Å². The van der Waals surface area contributed by atoms with Crippen LogP contribution in [-0.2, 0) is 19.0 Å². The van der Waals surface area contributed by atoms with Gasteiger partial charge in [0.1, 0.15) is 0 Å². The molecule has 0 aliphatic carbocycles. The monoisotopic (exact) mass is 344 g/mol. The van der Waals surface area contributed by atoms with Gasteiger partial charge in [-0.3, -0.25) is 4.79 Å². The Morgan fingerprint density at radius 1 is 1.06 bits per heavy atom. The van der Waals surface area contributed by atoms with Crippen molar-refractivity contribution in [1.82, 2.24) is 0 Å². The Labute approximate surface area is 111 Å². The molecule has 0 aliphatic rings. The van der Waals surface area contributed by atoms with E-state index in [1.54, 1.807) is 0 Å². The van der Waals surface area contributed by atoms with E-state index >= 15 is 0 Å². The summed E-state index contributed by atoms with van der Waals surface area (Å²) in [6, 6.07) is 0. The van der Waals surface area contributed by atoms with Crippen molar-refractivity contribution < 1.29 is 19.0 Å². The van der Waals surface area contributed by atoms with Crippen LogP contribution in [0.3, 0.4) is 0 Å². The first-order chi connectivity index (χ1) is 7.81. The van der Waals surface area contributed by atoms with Gasteiger partial charge in [0.05, 0.1) is 39.5 Å². The highest BCUT2D eigenvalue weighted by Gasteiger charge is 2.01. The topological polar surface area (TPSA) is 44.8 Å². The molecular weight excluding hydrogens is 323 g/mol. The molecule has 0 saturated carbocycles. The van der Waals surface area contributed by atoms with Crippen LogP contribution < -0.4 is 0 Å². The Balaban J connectivity index is 3.09. The lowest BCUT2D eigenvalue weighted by Gasteiger charge is -2.05. The van der Waals surface area contributed by atoms with Gasteiger partial charge in [-0.05, 0) is 6.42 Å². The highest BCUT2D eigenvalue weighted by molar-refractivity contribution is 14.1. The van der Waals surface area contributed by atoms with E-state index < -0.39 is 0 Å². The number of esters is 1. The molecule has 0 aromatic carbocycles. The molecule has 0 atom stereocenters. The molecule has 0 spiro atoms. The molecule has 0 saturated heterocycles. The molecule has 0 N–H and O–H groups in total. The average Bonchev–Trinajstić information content (AvgIpc) is 2.28. The quantitative estimate of drug-likeness (QED) is 0.249. The summed E-state index contributed by atoms with van der Waals surface area (Å²) in [5.74, 6) is -0.179. The van der Waals surface area contributed by atoms with Crippen molar-refractivity contribution in [2.24, 2.45) is 0 Å². The molecule has 0 bridgehead atoms. The first-order valence-electron chi connectivity index (χ1n) is 5.68. The van der Waals surface area contributed by atoms with Crippen molar-refractivity contribution in [3.05, 3.63) is 0 Å². The number of unbranched alkanes of at least 4 members (excludes halogenated alkanes) is 1. The number of halogens is 1. The summed E-state index contributed by atoms with van der Waals surface area (Å²) in [5, 5.41) is 0. The first-order valence-corrected chi connectivity index (χ1v) is 7.21. The minimum absolute atomic E-state index is 0.179. The number of carbonyl (C=O) groups excluding carboxylic acids is 1. The third-order valence-electron chi connectivity index (χ3n) is 1.80. The van der Waals surface area contributed by atoms with Crippen LogP contribution in [0.4, 0.5) is 0 Å². The molecule has 0 aromatic rings. The molecular formula is C11H21IO4. The largest absolute Gasteiger partial charge is 0.466 e. The molecule has 0 heterocycles. The Hall–Kier alpha value is 0.120. The average molecular weight is 344 g/mol. The second-order valence-electron chi connectivity index (χ2n) is 3.24. The third kappa shape index (κ3) is 12.2. The fourth-order valence-electron chi connectivity index (χ4n) is 0.935. The van der Waals surface area contributed by atoms with Crippen molar-refractivity contribution in [1.29, 1.82) is 0 Å². The second-order valence-corrected chi connectivity index (χ2v) is 4.32. The number of hydrogen-bond donors (Lipinski definition) is 0. The van der Waals surface area contributed by atoms with Gasteiger partial charge in [0.2, 0.25) is 0 Å². The number of ether oxygens (including phenoxy) is 3. The molecule has 96 valence electrons. The van der Waals surface area contributed by atoms with Crippen LogP contribution in [-0.4, -0.2) is 43.4 Å². The Kier molecular flexibility index (Phi) is 13.3. The Morgan fingerprint density at radius 2 is 1.75 bits per heavy atom. The highest BCUT2D eigenvalue weighted by Crippen LogP contribution is 1.93. The van der Waals surface area contributed by atoms with E-state index in [4.69, 9.17) is 14.2 Å². The summed E-state index contributed by atoms with van der Waals surface area (Å²) >= 11 is 2.25. The maximum Gasteiger partial charge on any atom is 0.308 e. The lowest BCUT2D eigenvalue weighted by molar-refractivity contribution is -0.145. The predicted molar refractivity (Wildman–Crippen MR) is 71.0 cm³/mol. The molecule has 0 amide bonds. The maximum atomic E-state index is 11.1. The predicted octanol–water partition coefficient (Wildman–Crippen LogP) is 2.19. The van der Waals surface area contributed by atoms with E-state index in [1.807, 2.05) is 0 Å². The minimum atomic E-state index is -0.179. The van der Waals surface area contributed by atoms with E-state index in [2.05, 4.69) is 29.5 Å². The summed E-state index contributed by atoms with van der Waals surface area (Å²) < 4.78 is 16.4. The molecule has 5 heteroatoms. The minimum Gasteiger partial charge on any atom is -0.466 e. The summed E-state index contributed by atoms with van der Waals surface area (Å²) in [6.45, 7) is 4.88. The van der Waals surface area contributed by atoms with Crippen LogP contribution in [0.5, 0.6) is 0 Å². The van der Waals surface area contributed by atoms with Crippen LogP contribution in [0.1, 0.15) is 26.2 Å². The molecule has 4 nitrogen and oxygen atoms in total. The standard InChI is InChI=1S/C11H21IO4/c1-2-3-6-16-11(13)4-7-14-9-10-15-8-5-12/h2-10H2,1H3. The molecule has 0 aliphatic heterocycles. The molecule has 16 heavy (non-hydrogen) atoms. The summed E-state index contributed by atoms with van der Waals surface area (Å²) in [6.07, 6.45) is 2.30. The van der Waals surface area contributed by atoms with Gasteiger partial charge in [-0.2, -0.15) is 0 Å². The van der Waals surface area contributed by atoms with Crippen molar-refractivity contribution in [2.75, 3.05) is 37.5 Å². The van der Waals surface area contributed by atoms with Gasteiger partial charge in [0.15, 0.2) is 0 Å². The number of rotatable bonds is 11. The zero-order valence-corrected chi connectivity index (χ0v) is 12.0. The fourth-order valence-corrected chi connectivity index (χ4v) is 1.25. The summed E-state index contributed by atoms with van der Waals surface area (Å²) in [4.78, 5) is 11.1. The number of alkyl halides is 1. The van der Waals surface area contributed by atoms with Gasteiger partial charge in [0, 0.05) is 4.43 Å². The molecule has 0 unspecified atom stereocenters. The lowest BCUT2D eigenvalue weighted by atomic mass is 10.4. The normalized spacial score (nSPS) is 10.4. The van der Waals surface area contributed by atoms with E-state index in [1.165, 1.54) is 0 Å². The van der Waals surface area contributed by atoms with E-state index in [9.17, 15) is 4.79 Å². The fraction of sp³-hybridized carbons (Fsp3) is 0.909. The molecule has 0 radical (unpaired) electrons. The lowest BCUT2D eigenvalue weighted by Crippen LogP contribution is -2.11. The number of hydrogen-bond acceptors (Lipinski definition) is 4. The molecule has 0 aromatic heterocycles. The van der Waals surface area contributed by atoms with Crippen molar-refractivity contribution in [2.45, 2.75) is 26.2 Å². The second kappa shape index (κ2) is 13.2. The van der Waals surface area contributed by atoms with Crippen LogP contribution in [0.15, 0.2) is 0 Å². The van der Waals surface area contributed by atoms with Crippen molar-refractivity contribution >= 4 is 28.6 Å². The van der Waals surface area contributed by atoms with Gasteiger partial charge in [0.25, 0.3) is 0 Å². The van der Waals surface area contributed by atoms with E-state index in [0.717, 1.165) is 23.9 Å². The molecule has 0 rings (SSSR count). The van der Waals surface area contributed by atoms with E-state index in [0.29, 0.717) is 32.8 Å². The van der Waals surface area contributed by atoms with Gasteiger partial charge in [-0.15, -0.1) is 0 Å². The zero-order valence-electron chi connectivity index (χ0n) is 9.87.